The number of halogens is 2. The number of ether oxygens (including phenoxy) is 1. The van der Waals surface area contributed by atoms with Crippen LogP contribution in [0, 0.1) is 5.41 Å². The zero-order valence-electron chi connectivity index (χ0n) is 33.1. The molecule has 3 atom stereocenters. The molecule has 1 aliphatic carbocycles. The molecule has 14 heteroatoms. The Hall–Kier alpha value is -3.43. The summed E-state index contributed by atoms with van der Waals surface area (Å²) in [5, 5.41) is 2.83. The van der Waals surface area contributed by atoms with Crippen LogP contribution >= 0.6 is 0 Å². The summed E-state index contributed by atoms with van der Waals surface area (Å²) < 4.78 is 74.8. The van der Waals surface area contributed by atoms with Gasteiger partial charge < -0.3 is 23.6 Å². The van der Waals surface area contributed by atoms with Crippen LogP contribution in [0.3, 0.4) is 0 Å². The minimum absolute atomic E-state index is 0.0419. The maximum atomic E-state index is 13.6. The summed E-state index contributed by atoms with van der Waals surface area (Å²) >= 11 is -1.50. The van der Waals surface area contributed by atoms with E-state index in [1.807, 2.05) is 63.6 Å². The number of benzene rings is 2. The van der Waals surface area contributed by atoms with Gasteiger partial charge in [0.25, 0.3) is 5.91 Å². The summed E-state index contributed by atoms with van der Waals surface area (Å²) in [4.78, 5) is 27.6. The Labute approximate surface area is 310 Å². The molecule has 1 amide bonds. The van der Waals surface area contributed by atoms with Gasteiger partial charge >= 0.3 is 6.61 Å². The summed E-state index contributed by atoms with van der Waals surface area (Å²) in [6, 6.07) is 9.45. The lowest BCUT2D eigenvalue weighted by Crippen LogP contribution is -2.63. The van der Waals surface area contributed by atoms with Crippen LogP contribution in [0.4, 0.5) is 8.78 Å². The summed E-state index contributed by atoms with van der Waals surface area (Å²) in [6.45, 7) is 12.8. The predicted octanol–water partition coefficient (Wildman–Crippen LogP) is 7.94. The standard InChI is InChI=1S/C38H48F2N6O4SSi/c1-35(2,3)51(48)45-38(19-37(7,20-38)21-49-52(8,9)36(4,5)6)33-41-17-23(18-42-33)22-13-14-25-27(15-22)46-28-16-26(31(46)43-25)44-32(47)24-11-10-12-29(30(24)28)50-34(39)40/h10-15,17-18,26,28,34,45H,16,19-21H2,1-9H3,(H,44,47)/t26-,28-,37?,38?,51?/m1/s1/i21D2. The molecule has 4 aromatic rings. The van der Waals surface area contributed by atoms with Gasteiger partial charge in [0.1, 0.15) is 21.9 Å². The Kier molecular flexibility index (Phi) is 8.31. The molecule has 0 spiro atoms. The van der Waals surface area contributed by atoms with E-state index in [1.54, 1.807) is 18.5 Å². The number of alkyl halides is 2. The van der Waals surface area contributed by atoms with Crippen molar-refractivity contribution in [2.45, 2.75) is 115 Å². The normalized spacial score (nSPS) is 25.8. The van der Waals surface area contributed by atoms with E-state index in [0.717, 1.165) is 11.1 Å². The molecule has 1 saturated carbocycles. The second kappa shape index (κ2) is 12.6. The molecule has 2 aliphatic heterocycles. The number of rotatable bonds is 9. The predicted molar refractivity (Wildman–Crippen MR) is 200 cm³/mol. The highest BCUT2D eigenvalue weighted by Crippen LogP contribution is 2.55. The van der Waals surface area contributed by atoms with E-state index in [-0.39, 0.29) is 35.1 Å². The van der Waals surface area contributed by atoms with Crippen LogP contribution < -0.4 is 14.8 Å². The molecule has 2 aromatic carbocycles. The van der Waals surface area contributed by atoms with Gasteiger partial charge in [-0.05, 0) is 93.4 Å². The maximum absolute atomic E-state index is 13.6. The quantitative estimate of drug-likeness (QED) is 0.130. The second-order valence-corrected chi connectivity index (χ2v) is 23.8. The minimum Gasteiger partial charge on any atom is -0.598 e. The van der Waals surface area contributed by atoms with Crippen molar-refractivity contribution < 1.29 is 30.0 Å². The lowest BCUT2D eigenvalue weighted by Gasteiger charge is -2.54. The molecule has 0 saturated heterocycles. The fraction of sp³-hybridized carbons (Fsp3) is 0.526. The number of aromatic nitrogens is 4. The van der Waals surface area contributed by atoms with Crippen molar-refractivity contribution >= 4 is 36.6 Å². The van der Waals surface area contributed by atoms with Crippen LogP contribution in [-0.4, -0.2) is 56.2 Å². The van der Waals surface area contributed by atoms with Crippen LogP contribution in [0.15, 0.2) is 48.8 Å². The SMILES string of the molecule is [2H]C([2H])(O[Si](C)(C)C(C)(C)C)C1(C)CC(N[S+]([O-])C(C)(C)C)(c2ncc(-c3ccc4nc5n(c4c3)[C@@H]3C[C@H]5NC(=O)c4cccc(OC(F)F)c43)cn2)C1. The first-order valence-electron chi connectivity index (χ1n) is 18.6. The average molecular weight is 753 g/mol. The van der Waals surface area contributed by atoms with Gasteiger partial charge in [-0.15, -0.1) is 4.72 Å². The van der Waals surface area contributed by atoms with Crippen LogP contribution in [-0.2, 0) is 21.3 Å². The molecule has 2 N–H and O–H groups in total. The largest absolute Gasteiger partial charge is 0.598 e. The van der Waals surface area contributed by atoms with Crippen molar-refractivity contribution in [3.05, 3.63) is 71.6 Å². The summed E-state index contributed by atoms with van der Waals surface area (Å²) in [5.41, 5.74) is 1.75. The zero-order chi connectivity index (χ0) is 39.4. The molecule has 1 unspecified atom stereocenters. The Morgan fingerprint density at radius 1 is 1.13 bits per heavy atom. The topological polar surface area (TPSA) is 126 Å². The average Bonchev–Trinajstić information content (AvgIpc) is 3.54. The molecule has 7 rings (SSSR count). The third kappa shape index (κ3) is 6.44. The minimum atomic E-state index is -3.05. The van der Waals surface area contributed by atoms with Gasteiger partial charge in [0.05, 0.1) is 25.9 Å². The third-order valence-electron chi connectivity index (χ3n) is 11.0. The first kappa shape index (κ1) is 34.3. The van der Waals surface area contributed by atoms with Crippen molar-refractivity contribution in [3.63, 3.8) is 0 Å². The fourth-order valence-electron chi connectivity index (χ4n) is 7.28. The van der Waals surface area contributed by atoms with Gasteiger partial charge in [0.2, 0.25) is 0 Å². The van der Waals surface area contributed by atoms with Gasteiger partial charge in [-0.25, -0.2) is 15.0 Å². The number of hydrogen-bond donors (Lipinski definition) is 2. The highest BCUT2D eigenvalue weighted by molar-refractivity contribution is 7.90. The number of nitrogens with one attached hydrogen (secondary N) is 2. The Morgan fingerprint density at radius 3 is 2.46 bits per heavy atom. The maximum Gasteiger partial charge on any atom is 0.387 e. The Balaban J connectivity index is 1.22. The van der Waals surface area contributed by atoms with E-state index in [9.17, 15) is 18.1 Å². The van der Waals surface area contributed by atoms with Crippen molar-refractivity contribution in [1.82, 2.24) is 29.6 Å². The van der Waals surface area contributed by atoms with Crippen molar-refractivity contribution in [3.8, 4) is 16.9 Å². The highest BCUT2D eigenvalue weighted by atomic mass is 32.2. The molecule has 4 heterocycles. The molecule has 3 aliphatic rings. The van der Waals surface area contributed by atoms with E-state index in [2.05, 4.69) is 30.8 Å². The molecule has 1 fully saturated rings. The van der Waals surface area contributed by atoms with Crippen LogP contribution in [0.2, 0.25) is 18.1 Å². The van der Waals surface area contributed by atoms with E-state index in [0.29, 0.717) is 34.7 Å². The zero-order valence-corrected chi connectivity index (χ0v) is 32.9. The molecule has 2 bridgehead atoms. The van der Waals surface area contributed by atoms with E-state index in [1.165, 1.54) is 12.1 Å². The van der Waals surface area contributed by atoms with E-state index < -0.39 is 60.6 Å². The number of hydrogen-bond acceptors (Lipinski definition) is 8. The number of fused-ring (bicyclic) bond motifs is 9. The molecular formula is C38H48F2N6O4SSi. The van der Waals surface area contributed by atoms with Crippen molar-refractivity contribution in [2.75, 3.05) is 6.56 Å². The smallest absolute Gasteiger partial charge is 0.387 e. The molecule has 10 nitrogen and oxygen atoms in total. The van der Waals surface area contributed by atoms with Gasteiger partial charge in [0.15, 0.2) is 14.1 Å². The van der Waals surface area contributed by atoms with E-state index in [4.69, 9.17) is 26.9 Å². The van der Waals surface area contributed by atoms with Gasteiger partial charge in [0, 0.05) is 47.0 Å². The summed E-state index contributed by atoms with van der Waals surface area (Å²) in [7, 11) is -2.47. The lowest BCUT2D eigenvalue weighted by atomic mass is 9.58. The monoisotopic (exact) mass is 752 g/mol. The molecule has 52 heavy (non-hydrogen) atoms. The number of carbonyl (C=O) groups is 1. The fourth-order valence-corrected chi connectivity index (χ4v) is 8.98. The molecule has 0 radical (unpaired) electrons. The number of imidazole rings is 1. The summed E-state index contributed by atoms with van der Waals surface area (Å²) in [5.74, 6) is 0.646. The lowest BCUT2D eigenvalue weighted by molar-refractivity contribution is -0.0507. The van der Waals surface area contributed by atoms with Crippen LogP contribution in [0.5, 0.6) is 5.75 Å². The first-order valence-corrected chi connectivity index (χ1v) is 21.6. The summed E-state index contributed by atoms with van der Waals surface area (Å²) in [6.07, 6.45) is 4.39. The molecular weight excluding hydrogens is 703 g/mol. The highest BCUT2D eigenvalue weighted by Gasteiger charge is 2.59. The van der Waals surface area contributed by atoms with Crippen LogP contribution in [0.25, 0.3) is 22.2 Å². The Bertz CT molecular complexity index is 2120. The van der Waals surface area contributed by atoms with Gasteiger partial charge in [-0.1, -0.05) is 39.8 Å². The first-order chi connectivity index (χ1) is 25.0. The second-order valence-electron chi connectivity index (χ2n) is 17.2. The number of amides is 1. The molecule has 2 aromatic heterocycles. The van der Waals surface area contributed by atoms with E-state index >= 15 is 0 Å². The van der Waals surface area contributed by atoms with Crippen molar-refractivity contribution in [2.24, 2.45) is 5.41 Å². The number of nitrogens with zero attached hydrogens (tertiary/aromatic N) is 4. The molecule has 278 valence electrons. The van der Waals surface area contributed by atoms with Gasteiger partial charge in [-0.2, -0.15) is 8.78 Å². The van der Waals surface area contributed by atoms with Crippen molar-refractivity contribution in [1.29, 1.82) is 0 Å². The Morgan fingerprint density at radius 2 is 1.83 bits per heavy atom. The number of carbonyl (C=O) groups excluding carboxylic acids is 1. The van der Waals surface area contributed by atoms with Crippen LogP contribution in [0.1, 0.15) is 110 Å². The van der Waals surface area contributed by atoms with Gasteiger partial charge in [-0.3, -0.25) is 4.79 Å². The third-order valence-corrected chi connectivity index (χ3v) is 16.9.